The Morgan fingerprint density at radius 2 is 1.89 bits per heavy atom. The molecule has 0 radical (unpaired) electrons. The Kier molecular flexibility index (Phi) is 4.61. The van der Waals surface area contributed by atoms with Crippen molar-refractivity contribution < 1.29 is 13.9 Å². The van der Waals surface area contributed by atoms with Crippen molar-refractivity contribution in [2.45, 2.75) is 12.5 Å². The van der Waals surface area contributed by atoms with Gasteiger partial charge in [-0.2, -0.15) is 5.10 Å². The highest BCUT2D eigenvalue weighted by Crippen LogP contribution is 2.53. The second-order valence-electron chi connectivity index (χ2n) is 8.49. The zero-order chi connectivity index (χ0) is 24.2. The first-order chi connectivity index (χ1) is 17.0. The van der Waals surface area contributed by atoms with E-state index in [0.29, 0.717) is 16.9 Å². The van der Waals surface area contributed by atoms with Crippen LogP contribution in [0.5, 0.6) is 11.5 Å². The predicted octanol–water partition coefficient (Wildman–Crippen LogP) is 4.35. The van der Waals surface area contributed by atoms with Gasteiger partial charge in [-0.05, 0) is 48.4 Å². The summed E-state index contributed by atoms with van der Waals surface area (Å²) >= 11 is 0. The molecule has 0 fully saturated rings. The first kappa shape index (κ1) is 20.9. The van der Waals surface area contributed by atoms with E-state index in [4.69, 9.17) is 20.2 Å². The van der Waals surface area contributed by atoms with Crippen LogP contribution >= 0.6 is 0 Å². The normalized spacial score (nSPS) is 17.5. The van der Waals surface area contributed by atoms with Crippen LogP contribution in [0.25, 0.3) is 22.3 Å². The topological polar surface area (TPSA) is 87.5 Å². The van der Waals surface area contributed by atoms with E-state index >= 15 is 4.39 Å². The Morgan fingerprint density at radius 1 is 1.03 bits per heavy atom. The zero-order valence-electron chi connectivity index (χ0n) is 19.0. The predicted molar refractivity (Wildman–Crippen MR) is 129 cm³/mol. The molecule has 1 spiro atoms. The summed E-state index contributed by atoms with van der Waals surface area (Å²) < 4.78 is 28.8. The fourth-order valence-corrected chi connectivity index (χ4v) is 4.64. The van der Waals surface area contributed by atoms with E-state index in [1.165, 1.54) is 6.07 Å². The highest BCUT2D eigenvalue weighted by atomic mass is 19.1. The molecular weight excluding hydrogens is 445 g/mol. The minimum atomic E-state index is -1.06. The van der Waals surface area contributed by atoms with E-state index in [0.717, 1.165) is 27.8 Å². The minimum Gasteiger partial charge on any atom is -0.462 e. The van der Waals surface area contributed by atoms with E-state index in [2.05, 4.69) is 21.9 Å². The van der Waals surface area contributed by atoms with Crippen molar-refractivity contribution in [2.24, 2.45) is 17.8 Å². The zero-order valence-corrected chi connectivity index (χ0v) is 19.0. The summed E-state index contributed by atoms with van der Waals surface area (Å²) in [4.78, 5) is 9.02. The first-order valence-electron chi connectivity index (χ1n) is 11.0. The van der Waals surface area contributed by atoms with Crippen molar-refractivity contribution >= 4 is 6.02 Å². The number of ether oxygens (including phenoxy) is 2. The van der Waals surface area contributed by atoms with Crippen LogP contribution in [0.2, 0.25) is 0 Å². The summed E-state index contributed by atoms with van der Waals surface area (Å²) in [6.45, 7) is 1.91. The second-order valence-corrected chi connectivity index (χ2v) is 8.49. The lowest BCUT2D eigenvalue weighted by Gasteiger charge is -2.34. The highest BCUT2D eigenvalue weighted by molar-refractivity contribution is 5.79. The third-order valence-electron chi connectivity index (χ3n) is 6.24. The van der Waals surface area contributed by atoms with Crippen LogP contribution in [0.4, 0.5) is 4.39 Å². The van der Waals surface area contributed by atoms with Crippen LogP contribution < -0.4 is 10.5 Å². The number of pyridine rings is 1. The van der Waals surface area contributed by atoms with Gasteiger partial charge in [0.2, 0.25) is 0 Å². The number of hydrogen-bond donors (Lipinski definition) is 1. The number of hydrogen-bond acceptors (Lipinski definition) is 6. The molecule has 6 rings (SSSR count). The number of rotatable bonds is 2. The molecule has 1 atom stereocenters. The maximum atomic E-state index is 15.4. The average molecular weight is 465 g/mol. The summed E-state index contributed by atoms with van der Waals surface area (Å²) in [6.07, 6.45) is 7.00. The van der Waals surface area contributed by atoms with Crippen molar-refractivity contribution in [3.8, 4) is 45.6 Å². The van der Waals surface area contributed by atoms with E-state index in [1.54, 1.807) is 30.2 Å². The number of nitrogens with zero attached hydrogens (tertiary/aromatic N) is 4. The lowest BCUT2D eigenvalue weighted by Crippen LogP contribution is -2.31. The van der Waals surface area contributed by atoms with Gasteiger partial charge in [-0.25, -0.2) is 9.38 Å². The van der Waals surface area contributed by atoms with Gasteiger partial charge >= 0.3 is 0 Å². The van der Waals surface area contributed by atoms with Crippen molar-refractivity contribution in [3.05, 3.63) is 83.7 Å². The molecule has 0 saturated heterocycles. The van der Waals surface area contributed by atoms with Crippen LogP contribution in [0.1, 0.15) is 23.6 Å². The van der Waals surface area contributed by atoms with Crippen LogP contribution in [-0.2, 0) is 17.3 Å². The second kappa shape index (κ2) is 7.71. The lowest BCUT2D eigenvalue weighted by molar-refractivity contribution is 0.262. The van der Waals surface area contributed by atoms with Gasteiger partial charge in [0.15, 0.2) is 17.1 Å². The summed E-state index contributed by atoms with van der Waals surface area (Å²) in [6, 6.07) is 11.0. The molecule has 2 aromatic carbocycles. The molecule has 0 bridgehead atoms. The molecular formula is C27H20FN5O2. The SMILES string of the molecule is CC#Cc1cncc(-c2ccc3c(c2)[C@@]2(COC(N)=N2)c2cc(-c4cnn(C)c4)cc(F)c2O3)c1. The standard InChI is InChI=1S/C27H20FN5O2/c1-3-4-16-7-19(12-30-11-16)17-5-6-24-21(8-17)27(15-34-26(29)32-27)22-9-18(10-23(28)25(22)35-24)20-13-31-33(2)14-20/h5-14H,15H2,1-2H3,(H2,29,32)/t27-/m0/s1. The van der Waals surface area contributed by atoms with E-state index in [-0.39, 0.29) is 18.4 Å². The van der Waals surface area contributed by atoms with Gasteiger partial charge in [0.1, 0.15) is 12.4 Å². The van der Waals surface area contributed by atoms with Gasteiger partial charge in [0.25, 0.3) is 6.02 Å². The molecule has 2 aromatic heterocycles. The Bertz CT molecular complexity index is 1600. The molecule has 0 unspecified atom stereocenters. The van der Waals surface area contributed by atoms with Gasteiger partial charge in [-0.15, -0.1) is 5.92 Å². The van der Waals surface area contributed by atoms with Crippen molar-refractivity contribution in [2.75, 3.05) is 6.61 Å². The molecule has 2 aliphatic rings. The minimum absolute atomic E-state index is 0.0447. The number of halogens is 1. The molecule has 172 valence electrons. The quantitative estimate of drug-likeness (QED) is 0.445. The Morgan fingerprint density at radius 3 is 2.63 bits per heavy atom. The highest BCUT2D eigenvalue weighted by Gasteiger charge is 2.48. The largest absolute Gasteiger partial charge is 0.462 e. The van der Waals surface area contributed by atoms with Crippen LogP contribution in [-0.4, -0.2) is 27.4 Å². The van der Waals surface area contributed by atoms with Gasteiger partial charge < -0.3 is 15.2 Å². The molecule has 8 heteroatoms. The third kappa shape index (κ3) is 3.32. The Hall–Kier alpha value is -4.64. The summed E-state index contributed by atoms with van der Waals surface area (Å²) in [5, 5.41) is 4.21. The summed E-state index contributed by atoms with van der Waals surface area (Å²) in [5.41, 5.74) is 10.3. The molecule has 7 nitrogen and oxygen atoms in total. The van der Waals surface area contributed by atoms with Crippen molar-refractivity contribution in [1.29, 1.82) is 0 Å². The number of aryl methyl sites for hydroxylation is 1. The number of fused-ring (bicyclic) bond motifs is 4. The fraction of sp³-hybridized carbons (Fsp3) is 0.148. The smallest absolute Gasteiger partial charge is 0.283 e. The van der Waals surface area contributed by atoms with Crippen LogP contribution in [0, 0.1) is 17.7 Å². The number of nitrogens with two attached hydrogens (primary N) is 1. The molecule has 4 aromatic rings. The van der Waals surface area contributed by atoms with Crippen LogP contribution in [0.3, 0.4) is 0 Å². The van der Waals surface area contributed by atoms with E-state index < -0.39 is 11.4 Å². The number of amidine groups is 1. The molecule has 0 aliphatic carbocycles. The van der Waals surface area contributed by atoms with Crippen molar-refractivity contribution in [3.63, 3.8) is 0 Å². The fourth-order valence-electron chi connectivity index (χ4n) is 4.64. The molecule has 35 heavy (non-hydrogen) atoms. The summed E-state index contributed by atoms with van der Waals surface area (Å²) in [5.74, 6) is 6.04. The third-order valence-corrected chi connectivity index (χ3v) is 6.24. The lowest BCUT2D eigenvalue weighted by atomic mass is 9.79. The molecule has 2 N–H and O–H groups in total. The maximum Gasteiger partial charge on any atom is 0.283 e. The van der Waals surface area contributed by atoms with Gasteiger partial charge in [-0.1, -0.05) is 12.0 Å². The molecule has 2 aliphatic heterocycles. The number of benzene rings is 2. The van der Waals surface area contributed by atoms with Crippen molar-refractivity contribution in [1.82, 2.24) is 14.8 Å². The van der Waals surface area contributed by atoms with Gasteiger partial charge in [-0.3, -0.25) is 9.67 Å². The average Bonchev–Trinajstić information content (AvgIpc) is 3.46. The van der Waals surface area contributed by atoms with Gasteiger partial charge in [0.05, 0.1) is 6.20 Å². The Balaban J connectivity index is 1.55. The Labute approximate surface area is 201 Å². The molecule has 4 heterocycles. The monoisotopic (exact) mass is 465 g/mol. The summed E-state index contributed by atoms with van der Waals surface area (Å²) in [7, 11) is 1.81. The van der Waals surface area contributed by atoms with E-state index in [9.17, 15) is 0 Å². The van der Waals surface area contributed by atoms with Gasteiger partial charge in [0, 0.05) is 53.5 Å². The first-order valence-corrected chi connectivity index (χ1v) is 11.0. The molecule has 0 amide bonds. The maximum absolute atomic E-state index is 15.4. The number of aliphatic imine (C=N–C) groups is 1. The number of aromatic nitrogens is 3. The molecule has 0 saturated carbocycles. The van der Waals surface area contributed by atoms with E-state index in [1.807, 2.05) is 43.6 Å². The van der Waals surface area contributed by atoms with Crippen LogP contribution in [0.15, 0.2) is 66.2 Å².